The largest absolute Gasteiger partial charge is 0.417 e. The van der Waals surface area contributed by atoms with Crippen LogP contribution in [0, 0.1) is 6.92 Å². The van der Waals surface area contributed by atoms with Gasteiger partial charge < -0.3 is 0 Å². The van der Waals surface area contributed by atoms with E-state index < -0.39 is 11.7 Å². The van der Waals surface area contributed by atoms with Crippen molar-refractivity contribution in [3.05, 3.63) is 33.3 Å². The average molecular weight is 288 g/mol. The molecular weight excluding hydrogens is 280 g/mol. The Hall–Kier alpha value is -0.220. The summed E-state index contributed by atoms with van der Waals surface area (Å²) in [6, 6.07) is 2.51. The number of hydrogen-bond donors (Lipinski definition) is 0. The van der Waals surface area contributed by atoms with E-state index in [0.717, 1.165) is 6.07 Å². The number of alkyl halides is 4. The van der Waals surface area contributed by atoms with Gasteiger partial charge in [0.1, 0.15) is 0 Å². The standard InChI is InChI=1S/C9H7BrClF3/c1-5-2-7(9(12,13)14)8(10)3-6(5)4-11/h2-3H,4H2,1H3. The Morgan fingerprint density at radius 2 is 1.93 bits per heavy atom. The second kappa shape index (κ2) is 4.11. The van der Waals surface area contributed by atoms with E-state index in [1.54, 1.807) is 6.92 Å². The first kappa shape index (κ1) is 11.9. The Kier molecular flexibility index (Phi) is 3.48. The van der Waals surface area contributed by atoms with Crippen LogP contribution < -0.4 is 0 Å². The summed E-state index contributed by atoms with van der Waals surface area (Å²) in [5.41, 5.74) is 0.589. The summed E-state index contributed by atoms with van der Waals surface area (Å²) in [4.78, 5) is 0. The second-order valence-electron chi connectivity index (χ2n) is 2.89. The molecule has 1 aromatic rings. The van der Waals surface area contributed by atoms with Crippen LogP contribution in [0.15, 0.2) is 16.6 Å². The van der Waals surface area contributed by atoms with Gasteiger partial charge in [0.25, 0.3) is 0 Å². The van der Waals surface area contributed by atoms with Gasteiger partial charge in [-0.15, -0.1) is 11.6 Å². The van der Waals surface area contributed by atoms with E-state index in [1.165, 1.54) is 6.07 Å². The SMILES string of the molecule is Cc1cc(C(F)(F)F)c(Br)cc1CCl. The molecule has 0 N–H and O–H groups in total. The van der Waals surface area contributed by atoms with Crippen molar-refractivity contribution in [1.29, 1.82) is 0 Å². The van der Waals surface area contributed by atoms with E-state index in [9.17, 15) is 13.2 Å². The highest BCUT2D eigenvalue weighted by Gasteiger charge is 2.33. The molecule has 0 saturated carbocycles. The van der Waals surface area contributed by atoms with Crippen LogP contribution in [-0.2, 0) is 12.1 Å². The van der Waals surface area contributed by atoms with Gasteiger partial charge in [0.2, 0.25) is 0 Å². The lowest BCUT2D eigenvalue weighted by Gasteiger charge is -2.12. The van der Waals surface area contributed by atoms with Gasteiger partial charge in [-0.25, -0.2) is 0 Å². The van der Waals surface area contributed by atoms with Crippen LogP contribution in [-0.4, -0.2) is 0 Å². The van der Waals surface area contributed by atoms with Crippen molar-refractivity contribution in [2.24, 2.45) is 0 Å². The lowest BCUT2D eigenvalue weighted by Crippen LogP contribution is -2.07. The molecule has 0 aliphatic rings. The molecule has 14 heavy (non-hydrogen) atoms. The van der Waals surface area contributed by atoms with Crippen molar-refractivity contribution >= 4 is 27.5 Å². The Morgan fingerprint density at radius 3 is 2.36 bits per heavy atom. The maximum Gasteiger partial charge on any atom is 0.417 e. The third-order valence-electron chi connectivity index (χ3n) is 1.87. The number of benzene rings is 1. The van der Waals surface area contributed by atoms with Gasteiger partial charge in [-0.05, 0) is 30.2 Å². The first-order valence-electron chi connectivity index (χ1n) is 3.78. The summed E-state index contributed by atoms with van der Waals surface area (Å²) in [5.74, 6) is 0.211. The molecule has 0 nitrogen and oxygen atoms in total. The third-order valence-corrected chi connectivity index (χ3v) is 2.82. The summed E-state index contributed by atoms with van der Waals surface area (Å²) < 4.78 is 37.2. The van der Waals surface area contributed by atoms with Crippen molar-refractivity contribution in [3.8, 4) is 0 Å². The zero-order valence-electron chi connectivity index (χ0n) is 7.25. The minimum Gasteiger partial charge on any atom is -0.166 e. The monoisotopic (exact) mass is 286 g/mol. The highest BCUT2D eigenvalue weighted by molar-refractivity contribution is 9.10. The predicted molar refractivity (Wildman–Crippen MR) is 53.4 cm³/mol. The third kappa shape index (κ3) is 2.42. The quantitative estimate of drug-likeness (QED) is 0.666. The molecule has 0 heterocycles. The molecule has 0 amide bonds. The first-order chi connectivity index (χ1) is 6.36. The summed E-state index contributed by atoms with van der Waals surface area (Å²) in [6.45, 7) is 1.61. The van der Waals surface area contributed by atoms with Crippen LogP contribution in [0.5, 0.6) is 0 Å². The molecule has 5 heteroatoms. The number of halogens is 5. The normalized spacial score (nSPS) is 11.9. The van der Waals surface area contributed by atoms with Crippen molar-refractivity contribution < 1.29 is 13.2 Å². The molecule has 0 radical (unpaired) electrons. The molecule has 0 aliphatic carbocycles. The fraction of sp³-hybridized carbons (Fsp3) is 0.333. The molecule has 0 spiro atoms. The summed E-state index contributed by atoms with van der Waals surface area (Å²) in [7, 11) is 0. The molecule has 78 valence electrons. The second-order valence-corrected chi connectivity index (χ2v) is 4.01. The number of hydrogen-bond acceptors (Lipinski definition) is 0. The minimum absolute atomic E-state index is 0.0336. The highest BCUT2D eigenvalue weighted by Crippen LogP contribution is 2.36. The maximum absolute atomic E-state index is 12.4. The Bertz CT molecular complexity index is 347. The van der Waals surface area contributed by atoms with Crippen LogP contribution in [0.2, 0.25) is 0 Å². The molecule has 0 atom stereocenters. The molecule has 1 aromatic carbocycles. The predicted octanol–water partition coefficient (Wildman–Crippen LogP) is 4.52. The molecule has 0 fully saturated rings. The fourth-order valence-electron chi connectivity index (χ4n) is 1.08. The summed E-state index contributed by atoms with van der Waals surface area (Å²) in [6.07, 6.45) is -4.32. The van der Waals surface area contributed by atoms with Crippen molar-refractivity contribution in [2.75, 3.05) is 0 Å². The molecule has 1 rings (SSSR count). The Labute approximate surface area is 93.2 Å². The molecule has 0 aromatic heterocycles. The van der Waals surface area contributed by atoms with E-state index >= 15 is 0 Å². The van der Waals surface area contributed by atoms with E-state index in [2.05, 4.69) is 15.9 Å². The van der Waals surface area contributed by atoms with Gasteiger partial charge >= 0.3 is 6.18 Å². The van der Waals surface area contributed by atoms with Gasteiger partial charge in [0.05, 0.1) is 5.56 Å². The lowest BCUT2D eigenvalue weighted by atomic mass is 10.1. The maximum atomic E-state index is 12.4. The van der Waals surface area contributed by atoms with Gasteiger partial charge in [-0.1, -0.05) is 15.9 Å². The molecule has 0 saturated heterocycles. The van der Waals surface area contributed by atoms with Gasteiger partial charge in [0.15, 0.2) is 0 Å². The van der Waals surface area contributed by atoms with Crippen LogP contribution in [0.3, 0.4) is 0 Å². The van der Waals surface area contributed by atoms with E-state index in [4.69, 9.17) is 11.6 Å². The van der Waals surface area contributed by atoms with Crippen LogP contribution in [0.4, 0.5) is 13.2 Å². The molecular formula is C9H7BrClF3. The first-order valence-corrected chi connectivity index (χ1v) is 5.11. The number of aryl methyl sites for hydroxylation is 1. The molecule has 0 aliphatic heterocycles. The smallest absolute Gasteiger partial charge is 0.166 e. The van der Waals surface area contributed by atoms with Crippen molar-refractivity contribution in [2.45, 2.75) is 19.0 Å². The van der Waals surface area contributed by atoms with Gasteiger partial charge in [0, 0.05) is 10.4 Å². The van der Waals surface area contributed by atoms with E-state index in [1.807, 2.05) is 0 Å². The summed E-state index contributed by atoms with van der Waals surface area (Å²) >= 11 is 8.45. The van der Waals surface area contributed by atoms with Crippen molar-refractivity contribution in [1.82, 2.24) is 0 Å². The van der Waals surface area contributed by atoms with Crippen LogP contribution >= 0.6 is 27.5 Å². The van der Waals surface area contributed by atoms with E-state index in [-0.39, 0.29) is 10.4 Å². The number of rotatable bonds is 1. The lowest BCUT2D eigenvalue weighted by molar-refractivity contribution is -0.138. The van der Waals surface area contributed by atoms with Gasteiger partial charge in [-0.3, -0.25) is 0 Å². The minimum atomic E-state index is -4.32. The van der Waals surface area contributed by atoms with E-state index in [0.29, 0.717) is 11.1 Å². The Morgan fingerprint density at radius 1 is 1.36 bits per heavy atom. The fourth-order valence-corrected chi connectivity index (χ4v) is 1.99. The zero-order valence-corrected chi connectivity index (χ0v) is 9.59. The summed E-state index contributed by atoms with van der Waals surface area (Å²) in [5, 5.41) is 0. The Balaban J connectivity index is 3.29. The highest BCUT2D eigenvalue weighted by atomic mass is 79.9. The molecule has 0 unspecified atom stereocenters. The molecule has 0 bridgehead atoms. The average Bonchev–Trinajstić information content (AvgIpc) is 2.06. The zero-order chi connectivity index (χ0) is 10.9. The van der Waals surface area contributed by atoms with Crippen LogP contribution in [0.25, 0.3) is 0 Å². The van der Waals surface area contributed by atoms with Crippen molar-refractivity contribution in [3.63, 3.8) is 0 Å². The van der Waals surface area contributed by atoms with Gasteiger partial charge in [-0.2, -0.15) is 13.2 Å². The topological polar surface area (TPSA) is 0 Å². The van der Waals surface area contributed by atoms with Crippen LogP contribution in [0.1, 0.15) is 16.7 Å².